The molecule has 1 atom stereocenters. The summed E-state index contributed by atoms with van der Waals surface area (Å²) >= 11 is 4.19. The van der Waals surface area contributed by atoms with Crippen molar-refractivity contribution in [1.82, 2.24) is 0 Å². The molecule has 72 valence electrons. The molecule has 0 spiro atoms. The van der Waals surface area contributed by atoms with Gasteiger partial charge in [-0.25, -0.2) is 4.79 Å². The van der Waals surface area contributed by atoms with Gasteiger partial charge in [0.05, 0.1) is 0 Å². The molecule has 0 aliphatic carbocycles. The fourth-order valence-electron chi connectivity index (χ4n) is 0.669. The van der Waals surface area contributed by atoms with Crippen LogP contribution in [0.2, 0.25) is 0 Å². The summed E-state index contributed by atoms with van der Waals surface area (Å²) in [7, 11) is 0. The van der Waals surface area contributed by atoms with Crippen LogP contribution in [0, 0.1) is 5.92 Å². The second-order valence-corrected chi connectivity index (χ2v) is 4.02. The minimum Gasteiger partial charge on any atom is -0.479 e. The highest BCUT2D eigenvalue weighted by molar-refractivity contribution is 7.81. The minimum absolute atomic E-state index is 0.0869. The smallest absolute Gasteiger partial charge is 0.338 e. The first-order chi connectivity index (χ1) is 5.27. The maximum atomic E-state index is 10.5. The Morgan fingerprint density at radius 2 is 2.00 bits per heavy atom. The fraction of sp³-hybridized carbons (Fsp3) is 0.857. The molecule has 12 heavy (non-hydrogen) atoms. The van der Waals surface area contributed by atoms with Gasteiger partial charge in [-0.2, -0.15) is 12.6 Å². The number of hydrogen-bond donors (Lipinski definition) is 4. The van der Waals surface area contributed by atoms with Gasteiger partial charge in [0.1, 0.15) is 0 Å². The van der Waals surface area contributed by atoms with Crippen molar-refractivity contribution in [1.29, 1.82) is 0 Å². The Balaban J connectivity index is 4.15. The molecule has 0 aliphatic rings. The topological polar surface area (TPSA) is 89.3 Å². The van der Waals surface area contributed by atoms with Gasteiger partial charge in [-0.1, -0.05) is 13.8 Å². The van der Waals surface area contributed by atoms with E-state index in [0.29, 0.717) is 0 Å². The molecule has 5 heteroatoms. The number of nitrogens with two attached hydrogens (primary N) is 2. The largest absolute Gasteiger partial charge is 0.479 e. The lowest BCUT2D eigenvalue weighted by atomic mass is 9.99. The highest BCUT2D eigenvalue weighted by atomic mass is 32.1. The predicted octanol–water partition coefficient (Wildman–Crippen LogP) is 0.0292. The molecule has 1 unspecified atom stereocenters. The van der Waals surface area contributed by atoms with Crippen LogP contribution in [0.4, 0.5) is 0 Å². The standard InChI is InChI=1S/C7H16N2O2S/c1-4(2)5(12)3-7(8,9)6(10)11/h4-5,12H,3,8-9H2,1-2H3,(H,10,11). The van der Waals surface area contributed by atoms with Crippen LogP contribution in [0.3, 0.4) is 0 Å². The normalized spacial score (nSPS) is 14.8. The molecule has 0 bridgehead atoms. The first-order valence-electron chi connectivity index (χ1n) is 3.76. The van der Waals surface area contributed by atoms with E-state index in [1.807, 2.05) is 13.8 Å². The van der Waals surface area contributed by atoms with Gasteiger partial charge in [0.2, 0.25) is 0 Å². The number of rotatable bonds is 4. The summed E-state index contributed by atoms with van der Waals surface area (Å²) in [6.07, 6.45) is 0.170. The summed E-state index contributed by atoms with van der Waals surface area (Å²) in [5.74, 6) is -0.929. The Bertz CT molecular complexity index is 171. The molecule has 0 saturated heterocycles. The quantitative estimate of drug-likeness (QED) is 0.374. The molecule has 0 saturated carbocycles. The van der Waals surface area contributed by atoms with Crippen LogP contribution in [-0.2, 0) is 4.79 Å². The zero-order chi connectivity index (χ0) is 9.94. The molecule has 5 N–H and O–H groups in total. The van der Waals surface area contributed by atoms with E-state index in [4.69, 9.17) is 16.6 Å². The van der Waals surface area contributed by atoms with Crippen LogP contribution in [0.1, 0.15) is 20.3 Å². The van der Waals surface area contributed by atoms with E-state index in [-0.39, 0.29) is 17.6 Å². The van der Waals surface area contributed by atoms with Crippen molar-refractivity contribution in [3.63, 3.8) is 0 Å². The summed E-state index contributed by atoms with van der Waals surface area (Å²) in [6, 6.07) is 0. The number of aliphatic carboxylic acids is 1. The highest BCUT2D eigenvalue weighted by Crippen LogP contribution is 2.17. The molecule has 0 heterocycles. The zero-order valence-electron chi connectivity index (χ0n) is 7.32. The number of carbonyl (C=O) groups is 1. The van der Waals surface area contributed by atoms with Gasteiger partial charge >= 0.3 is 5.97 Å². The van der Waals surface area contributed by atoms with Gasteiger partial charge < -0.3 is 16.6 Å². The van der Waals surface area contributed by atoms with Crippen molar-refractivity contribution in [2.75, 3.05) is 0 Å². The average molecular weight is 192 g/mol. The molecule has 0 aliphatic heterocycles. The third-order valence-electron chi connectivity index (χ3n) is 1.71. The van der Waals surface area contributed by atoms with E-state index in [9.17, 15) is 4.79 Å². The van der Waals surface area contributed by atoms with Gasteiger partial charge in [-0.15, -0.1) is 0 Å². The van der Waals surface area contributed by atoms with E-state index >= 15 is 0 Å². The van der Waals surface area contributed by atoms with E-state index in [2.05, 4.69) is 12.6 Å². The zero-order valence-corrected chi connectivity index (χ0v) is 8.21. The van der Waals surface area contributed by atoms with Crippen molar-refractivity contribution in [2.45, 2.75) is 31.2 Å². The number of carboxylic acids is 1. The lowest BCUT2D eigenvalue weighted by Gasteiger charge is -2.24. The summed E-state index contributed by atoms with van der Waals surface area (Å²) in [4.78, 5) is 10.5. The first kappa shape index (κ1) is 11.7. The van der Waals surface area contributed by atoms with Crippen LogP contribution in [0.25, 0.3) is 0 Å². The predicted molar refractivity (Wildman–Crippen MR) is 51.0 cm³/mol. The Kier molecular flexibility index (Phi) is 4.02. The van der Waals surface area contributed by atoms with Crippen LogP contribution in [0.15, 0.2) is 0 Å². The van der Waals surface area contributed by atoms with Gasteiger partial charge in [0.15, 0.2) is 5.66 Å². The summed E-state index contributed by atoms with van der Waals surface area (Å²) < 4.78 is 0. The fourth-order valence-corrected chi connectivity index (χ4v) is 0.971. The summed E-state index contributed by atoms with van der Waals surface area (Å²) in [6.45, 7) is 3.88. The van der Waals surface area contributed by atoms with Gasteiger partial charge in [-0.05, 0) is 5.92 Å². The Hall–Kier alpha value is -0.260. The van der Waals surface area contributed by atoms with Crippen LogP contribution >= 0.6 is 12.6 Å². The molecule has 0 aromatic carbocycles. The SMILES string of the molecule is CC(C)C(S)CC(N)(N)C(=O)O. The second kappa shape index (κ2) is 4.11. The molecule has 0 radical (unpaired) electrons. The van der Waals surface area contributed by atoms with E-state index in [1.165, 1.54) is 0 Å². The monoisotopic (exact) mass is 192 g/mol. The first-order valence-corrected chi connectivity index (χ1v) is 4.28. The molecule has 0 aromatic rings. The Morgan fingerprint density at radius 1 is 1.58 bits per heavy atom. The van der Waals surface area contributed by atoms with Crippen molar-refractivity contribution >= 4 is 18.6 Å². The maximum Gasteiger partial charge on any atom is 0.338 e. The van der Waals surface area contributed by atoms with E-state index < -0.39 is 11.6 Å². The molecule has 4 nitrogen and oxygen atoms in total. The van der Waals surface area contributed by atoms with E-state index in [0.717, 1.165) is 0 Å². The number of hydrogen-bond acceptors (Lipinski definition) is 4. The van der Waals surface area contributed by atoms with Crippen molar-refractivity contribution in [2.24, 2.45) is 17.4 Å². The van der Waals surface area contributed by atoms with Gasteiger partial charge in [0.25, 0.3) is 0 Å². The Labute approximate surface area is 77.7 Å². The highest BCUT2D eigenvalue weighted by Gasteiger charge is 2.31. The molecule has 0 rings (SSSR count). The average Bonchev–Trinajstić information content (AvgIpc) is 1.85. The number of carboxylic acid groups (broad SMARTS) is 1. The van der Waals surface area contributed by atoms with Crippen LogP contribution in [0.5, 0.6) is 0 Å². The third kappa shape index (κ3) is 3.42. The van der Waals surface area contributed by atoms with Crippen LogP contribution < -0.4 is 11.5 Å². The van der Waals surface area contributed by atoms with Crippen molar-refractivity contribution in [3.05, 3.63) is 0 Å². The second-order valence-electron chi connectivity index (χ2n) is 3.36. The van der Waals surface area contributed by atoms with Crippen molar-refractivity contribution in [3.8, 4) is 0 Å². The lowest BCUT2D eigenvalue weighted by Crippen LogP contribution is -2.58. The minimum atomic E-state index is -1.66. The maximum absolute atomic E-state index is 10.5. The third-order valence-corrected chi connectivity index (χ3v) is 2.49. The Morgan fingerprint density at radius 3 is 2.25 bits per heavy atom. The molecule has 0 amide bonds. The van der Waals surface area contributed by atoms with E-state index in [1.54, 1.807) is 0 Å². The summed E-state index contributed by atoms with van der Waals surface area (Å²) in [5, 5.41) is 8.50. The lowest BCUT2D eigenvalue weighted by molar-refractivity contribution is -0.143. The number of thiol groups is 1. The molecule has 0 fully saturated rings. The molecular formula is C7H16N2O2S. The van der Waals surface area contributed by atoms with Gasteiger partial charge in [-0.3, -0.25) is 0 Å². The summed E-state index contributed by atoms with van der Waals surface area (Å²) in [5.41, 5.74) is 9.00. The molecule has 0 aromatic heterocycles. The van der Waals surface area contributed by atoms with Crippen LogP contribution in [-0.4, -0.2) is 22.0 Å². The van der Waals surface area contributed by atoms with Gasteiger partial charge in [0, 0.05) is 11.7 Å². The van der Waals surface area contributed by atoms with Crippen molar-refractivity contribution < 1.29 is 9.90 Å². The molecular weight excluding hydrogens is 176 g/mol.